The molecular weight excluding hydrogens is 434 g/mol. The molecule has 0 radical (unpaired) electrons. The van der Waals surface area contributed by atoms with Gasteiger partial charge in [0.15, 0.2) is 16.8 Å². The predicted molar refractivity (Wildman–Crippen MR) is 111 cm³/mol. The second kappa shape index (κ2) is 8.89. The summed E-state index contributed by atoms with van der Waals surface area (Å²) < 4.78 is 31.7. The maximum absolute atomic E-state index is 13.4. The number of halogens is 3. The van der Waals surface area contributed by atoms with Gasteiger partial charge in [0.1, 0.15) is 6.61 Å². The van der Waals surface area contributed by atoms with Crippen LogP contribution in [0.15, 0.2) is 35.7 Å². The van der Waals surface area contributed by atoms with Crippen LogP contribution in [0.25, 0.3) is 0 Å². The van der Waals surface area contributed by atoms with E-state index in [1.165, 1.54) is 23.2 Å². The first-order valence-electron chi connectivity index (χ1n) is 8.81. The minimum Gasteiger partial charge on any atom is -0.456 e. The summed E-state index contributed by atoms with van der Waals surface area (Å²) in [4.78, 5) is 30.3. The van der Waals surface area contributed by atoms with Crippen LogP contribution in [-0.2, 0) is 16.1 Å². The average molecular weight is 451 g/mol. The van der Waals surface area contributed by atoms with Gasteiger partial charge in [-0.1, -0.05) is 29.3 Å². The van der Waals surface area contributed by atoms with Gasteiger partial charge in [-0.05, 0) is 37.6 Å². The lowest BCUT2D eigenvalue weighted by Crippen LogP contribution is -2.23. The second-order valence-electron chi connectivity index (χ2n) is 6.59. The smallest absolute Gasteiger partial charge is 0.340 e. The summed E-state index contributed by atoms with van der Waals surface area (Å²) in [6, 6.07) is 7.11. The van der Waals surface area contributed by atoms with Crippen molar-refractivity contribution < 1.29 is 23.1 Å². The molecule has 0 bridgehead atoms. The molecule has 2 aromatic carbocycles. The highest BCUT2D eigenvalue weighted by molar-refractivity contribution is 7.14. The fourth-order valence-electron chi connectivity index (χ4n) is 2.83. The monoisotopic (exact) mass is 450 g/mol. The van der Waals surface area contributed by atoms with Gasteiger partial charge >= 0.3 is 5.97 Å². The molecule has 3 aromatic rings. The molecule has 0 N–H and O–H groups in total. The molecular formula is C21H17ClF2N2O3S. The fourth-order valence-corrected chi connectivity index (χ4v) is 3.92. The molecule has 0 fully saturated rings. The van der Waals surface area contributed by atoms with E-state index in [1.807, 2.05) is 32.0 Å². The highest BCUT2D eigenvalue weighted by Crippen LogP contribution is 2.32. The molecule has 3 rings (SSSR count). The lowest BCUT2D eigenvalue weighted by Gasteiger charge is -2.20. The second-order valence-corrected chi connectivity index (χ2v) is 7.83. The maximum atomic E-state index is 13.4. The van der Waals surface area contributed by atoms with E-state index in [9.17, 15) is 18.4 Å². The number of carbonyl (C=O) groups is 2. The van der Waals surface area contributed by atoms with E-state index in [0.717, 1.165) is 11.1 Å². The van der Waals surface area contributed by atoms with Crippen molar-refractivity contribution in [1.29, 1.82) is 0 Å². The molecule has 0 aliphatic rings. The van der Waals surface area contributed by atoms with Gasteiger partial charge in [-0.2, -0.15) is 0 Å². The van der Waals surface area contributed by atoms with E-state index >= 15 is 0 Å². The quantitative estimate of drug-likeness (QED) is 0.367. The van der Waals surface area contributed by atoms with E-state index in [-0.39, 0.29) is 23.1 Å². The number of esters is 1. The number of carbonyl (C=O) groups excluding carboxylic acids is 2. The number of hydrogen-bond donors (Lipinski definition) is 0. The van der Waals surface area contributed by atoms with Crippen LogP contribution in [0.4, 0.5) is 19.6 Å². The third kappa shape index (κ3) is 4.66. The van der Waals surface area contributed by atoms with E-state index < -0.39 is 17.6 Å². The van der Waals surface area contributed by atoms with Crippen LogP contribution in [-0.4, -0.2) is 16.9 Å². The molecule has 1 amide bonds. The largest absolute Gasteiger partial charge is 0.456 e. The third-order valence-electron chi connectivity index (χ3n) is 4.22. The molecule has 1 heterocycles. The van der Waals surface area contributed by atoms with Crippen molar-refractivity contribution in [3.05, 3.63) is 74.8 Å². The van der Waals surface area contributed by atoms with E-state index in [4.69, 9.17) is 16.3 Å². The van der Waals surface area contributed by atoms with Crippen LogP contribution in [0, 0.1) is 25.5 Å². The summed E-state index contributed by atoms with van der Waals surface area (Å²) in [6.45, 7) is 5.08. The molecule has 0 saturated heterocycles. The zero-order valence-corrected chi connectivity index (χ0v) is 17.9. The molecule has 0 spiro atoms. The summed E-state index contributed by atoms with van der Waals surface area (Å²) in [7, 11) is 0. The van der Waals surface area contributed by atoms with Crippen molar-refractivity contribution in [3.63, 3.8) is 0 Å². The number of hydrogen-bond acceptors (Lipinski definition) is 5. The Morgan fingerprint density at radius 3 is 2.53 bits per heavy atom. The third-order valence-corrected chi connectivity index (χ3v) is 5.41. The zero-order chi connectivity index (χ0) is 22.0. The minimum atomic E-state index is -1.20. The summed E-state index contributed by atoms with van der Waals surface area (Å²) in [5, 5.41) is 1.82. The Morgan fingerprint density at radius 1 is 1.17 bits per heavy atom. The van der Waals surface area contributed by atoms with E-state index in [2.05, 4.69) is 4.98 Å². The number of ether oxygens (including phenoxy) is 1. The fraction of sp³-hybridized carbons (Fsp3) is 0.190. The van der Waals surface area contributed by atoms with Crippen LogP contribution >= 0.6 is 22.9 Å². The summed E-state index contributed by atoms with van der Waals surface area (Å²) >= 11 is 7.00. The van der Waals surface area contributed by atoms with E-state index in [0.29, 0.717) is 28.6 Å². The van der Waals surface area contributed by atoms with E-state index in [1.54, 1.807) is 5.38 Å². The molecule has 1 aromatic heterocycles. The highest BCUT2D eigenvalue weighted by Gasteiger charge is 2.21. The average Bonchev–Trinajstić information content (AvgIpc) is 3.13. The van der Waals surface area contributed by atoms with Gasteiger partial charge < -0.3 is 4.74 Å². The standard InChI is InChI=1S/C21H17ClF2N2O3S/c1-11-4-5-19(12(2)6-11)26(13(3)27)21-25-14(10-30-21)9-29-20(28)15-7-17(23)18(24)8-16(15)22/h4-8,10H,9H2,1-3H3. The number of rotatable bonds is 5. The molecule has 5 nitrogen and oxygen atoms in total. The molecule has 0 aliphatic carbocycles. The maximum Gasteiger partial charge on any atom is 0.340 e. The Hall–Kier alpha value is -2.84. The van der Waals surface area contributed by atoms with Crippen LogP contribution in [0.3, 0.4) is 0 Å². The van der Waals surface area contributed by atoms with Crippen molar-refractivity contribution in [2.75, 3.05) is 4.90 Å². The van der Waals surface area contributed by atoms with Crippen molar-refractivity contribution in [3.8, 4) is 0 Å². The number of aryl methyl sites for hydroxylation is 2. The number of anilines is 2. The Morgan fingerprint density at radius 2 is 1.87 bits per heavy atom. The first-order chi connectivity index (χ1) is 14.2. The van der Waals surface area contributed by atoms with Crippen LogP contribution < -0.4 is 4.90 Å². The number of amides is 1. The van der Waals surface area contributed by atoms with Crippen molar-refractivity contribution in [2.45, 2.75) is 27.4 Å². The number of thiazole rings is 1. The Kier molecular flexibility index (Phi) is 6.48. The Bertz CT molecular complexity index is 1130. The minimum absolute atomic E-state index is 0.214. The molecule has 0 unspecified atom stereocenters. The van der Waals surface area contributed by atoms with Crippen molar-refractivity contribution in [2.24, 2.45) is 0 Å². The zero-order valence-electron chi connectivity index (χ0n) is 16.3. The van der Waals surface area contributed by atoms with Crippen molar-refractivity contribution >= 4 is 45.6 Å². The van der Waals surface area contributed by atoms with Crippen molar-refractivity contribution in [1.82, 2.24) is 4.98 Å². The lowest BCUT2D eigenvalue weighted by molar-refractivity contribution is -0.115. The first kappa shape index (κ1) is 21.9. The van der Waals surface area contributed by atoms with Gasteiger partial charge in [0.05, 0.1) is 22.0 Å². The summed E-state index contributed by atoms with van der Waals surface area (Å²) in [5.41, 5.74) is 2.81. The van der Waals surface area contributed by atoms with Gasteiger partial charge in [0.25, 0.3) is 0 Å². The molecule has 156 valence electrons. The van der Waals surface area contributed by atoms with Gasteiger partial charge in [-0.3, -0.25) is 9.69 Å². The van der Waals surface area contributed by atoms with Crippen LogP contribution in [0.5, 0.6) is 0 Å². The molecule has 30 heavy (non-hydrogen) atoms. The normalized spacial score (nSPS) is 10.7. The van der Waals surface area contributed by atoms with Gasteiger partial charge in [0, 0.05) is 12.3 Å². The SMILES string of the molecule is CC(=O)N(c1nc(COC(=O)c2cc(F)c(F)cc2Cl)cs1)c1ccc(C)cc1C. The van der Waals surface area contributed by atoms with Gasteiger partial charge in [0.2, 0.25) is 5.91 Å². The summed E-state index contributed by atoms with van der Waals surface area (Å²) in [5.74, 6) is -3.48. The Balaban J connectivity index is 1.77. The molecule has 9 heteroatoms. The summed E-state index contributed by atoms with van der Waals surface area (Å²) in [6.07, 6.45) is 0. The number of aromatic nitrogens is 1. The van der Waals surface area contributed by atoms with Crippen LogP contribution in [0.1, 0.15) is 34.1 Å². The van der Waals surface area contributed by atoms with Crippen LogP contribution in [0.2, 0.25) is 5.02 Å². The first-order valence-corrected chi connectivity index (χ1v) is 10.1. The predicted octanol–water partition coefficient (Wildman–Crippen LogP) is 5.73. The van der Waals surface area contributed by atoms with Gasteiger partial charge in [-0.15, -0.1) is 11.3 Å². The highest BCUT2D eigenvalue weighted by atomic mass is 35.5. The van der Waals surface area contributed by atoms with Gasteiger partial charge in [-0.25, -0.2) is 18.6 Å². The molecule has 0 atom stereocenters. The molecule has 0 saturated carbocycles. The number of benzene rings is 2. The Labute approximate surface area is 180 Å². The topological polar surface area (TPSA) is 59.5 Å². The number of nitrogens with zero attached hydrogens (tertiary/aromatic N) is 2. The lowest BCUT2D eigenvalue weighted by atomic mass is 10.1. The molecule has 0 aliphatic heterocycles.